The number of imidazole rings is 1. The molecule has 1 heterocycles. The highest BCUT2D eigenvalue weighted by molar-refractivity contribution is 5.81. The number of hydrogen-bond donors (Lipinski definition) is 1. The first-order valence-corrected chi connectivity index (χ1v) is 10.4. The number of nitrogens with one attached hydrogen (secondary N) is 1. The number of carbonyl (C=O) groups is 1. The lowest BCUT2D eigenvalue weighted by atomic mass is 9.96. The van der Waals surface area contributed by atoms with Gasteiger partial charge in [0.15, 0.2) is 0 Å². The Kier molecular flexibility index (Phi) is 6.91. The van der Waals surface area contributed by atoms with Gasteiger partial charge in [-0.3, -0.25) is 4.79 Å². The van der Waals surface area contributed by atoms with Crippen LogP contribution in [0, 0.1) is 5.41 Å². The highest BCUT2D eigenvalue weighted by Crippen LogP contribution is 2.18. The third-order valence-electron chi connectivity index (χ3n) is 4.82. The Labute approximate surface area is 173 Å². The van der Waals surface area contributed by atoms with E-state index in [0.29, 0.717) is 13.2 Å². The molecular weight excluding hydrogens is 362 g/mol. The van der Waals surface area contributed by atoms with E-state index in [1.54, 1.807) is 0 Å². The summed E-state index contributed by atoms with van der Waals surface area (Å²) in [6.07, 6.45) is 2.60. The maximum absolute atomic E-state index is 12.0. The number of hydrogen-bond acceptors (Lipinski definition) is 3. The van der Waals surface area contributed by atoms with E-state index >= 15 is 0 Å². The Morgan fingerprint density at radius 3 is 2.52 bits per heavy atom. The fourth-order valence-corrected chi connectivity index (χ4v) is 3.21. The van der Waals surface area contributed by atoms with Gasteiger partial charge in [-0.15, -0.1) is 0 Å². The van der Waals surface area contributed by atoms with Crippen LogP contribution in [0.15, 0.2) is 54.6 Å². The van der Waals surface area contributed by atoms with Gasteiger partial charge in [0.2, 0.25) is 5.91 Å². The van der Waals surface area contributed by atoms with Gasteiger partial charge in [-0.05, 0) is 37.1 Å². The van der Waals surface area contributed by atoms with Crippen LogP contribution in [-0.2, 0) is 17.8 Å². The minimum Gasteiger partial charge on any atom is -0.494 e. The maximum atomic E-state index is 12.0. The number of rotatable bonds is 9. The number of benzene rings is 2. The molecule has 0 aliphatic rings. The van der Waals surface area contributed by atoms with E-state index in [-0.39, 0.29) is 11.3 Å². The fraction of sp³-hybridized carbons (Fsp3) is 0.417. The van der Waals surface area contributed by atoms with Crippen LogP contribution in [0.1, 0.15) is 39.4 Å². The summed E-state index contributed by atoms with van der Waals surface area (Å²) >= 11 is 0. The molecular formula is C24H31N3O2. The quantitative estimate of drug-likeness (QED) is 0.541. The molecule has 0 spiro atoms. The topological polar surface area (TPSA) is 56.2 Å². The lowest BCUT2D eigenvalue weighted by molar-refractivity contribution is -0.128. The van der Waals surface area contributed by atoms with Gasteiger partial charge in [0.1, 0.15) is 11.6 Å². The van der Waals surface area contributed by atoms with Gasteiger partial charge in [0, 0.05) is 24.9 Å². The number of aromatic nitrogens is 2. The van der Waals surface area contributed by atoms with Crippen molar-refractivity contribution < 1.29 is 9.53 Å². The average Bonchev–Trinajstić information content (AvgIpc) is 3.06. The summed E-state index contributed by atoms with van der Waals surface area (Å²) in [4.78, 5) is 16.9. The van der Waals surface area contributed by atoms with Crippen molar-refractivity contribution in [3.63, 3.8) is 0 Å². The van der Waals surface area contributed by atoms with Crippen LogP contribution in [0.2, 0.25) is 0 Å². The smallest absolute Gasteiger partial charge is 0.225 e. The molecule has 0 aliphatic heterocycles. The molecule has 0 saturated carbocycles. The lowest BCUT2D eigenvalue weighted by Gasteiger charge is -2.17. The number of aryl methyl sites for hydroxylation is 2. The highest BCUT2D eigenvalue weighted by atomic mass is 16.5. The zero-order valence-electron chi connectivity index (χ0n) is 17.6. The summed E-state index contributed by atoms with van der Waals surface area (Å²) in [5.74, 6) is 2.05. The van der Waals surface area contributed by atoms with Crippen LogP contribution in [0.3, 0.4) is 0 Å². The number of ether oxygens (including phenoxy) is 1. The van der Waals surface area contributed by atoms with Gasteiger partial charge in [-0.1, -0.05) is 51.1 Å². The molecule has 0 bridgehead atoms. The molecule has 5 heteroatoms. The van der Waals surface area contributed by atoms with Crippen molar-refractivity contribution in [1.82, 2.24) is 14.9 Å². The lowest BCUT2D eigenvalue weighted by Crippen LogP contribution is -2.35. The molecule has 0 atom stereocenters. The van der Waals surface area contributed by atoms with Gasteiger partial charge < -0.3 is 14.6 Å². The molecule has 3 rings (SSSR count). The summed E-state index contributed by atoms with van der Waals surface area (Å²) in [7, 11) is 0. The average molecular weight is 394 g/mol. The standard InChI is InChI=1S/C24H31N3O2/c1-24(2,3)23(28)25-16-9-15-22-26-20-13-7-8-14-21(20)27(22)17-10-18-29-19-11-5-4-6-12-19/h4-8,11-14H,9-10,15-18H2,1-3H3,(H,25,28). The van der Waals surface area contributed by atoms with Gasteiger partial charge in [0.05, 0.1) is 17.6 Å². The molecule has 0 radical (unpaired) electrons. The second kappa shape index (κ2) is 9.59. The molecule has 0 unspecified atom stereocenters. The molecule has 0 saturated heterocycles. The monoisotopic (exact) mass is 393 g/mol. The highest BCUT2D eigenvalue weighted by Gasteiger charge is 2.20. The van der Waals surface area contributed by atoms with Crippen LogP contribution < -0.4 is 10.1 Å². The van der Waals surface area contributed by atoms with Crippen molar-refractivity contribution in [3.05, 3.63) is 60.4 Å². The van der Waals surface area contributed by atoms with Crippen molar-refractivity contribution >= 4 is 16.9 Å². The van der Waals surface area contributed by atoms with Gasteiger partial charge >= 0.3 is 0 Å². The molecule has 3 aromatic rings. The number of para-hydroxylation sites is 3. The predicted octanol–water partition coefficient (Wildman–Crippen LogP) is 4.60. The second-order valence-electron chi connectivity index (χ2n) is 8.29. The van der Waals surface area contributed by atoms with Crippen molar-refractivity contribution in [2.45, 2.75) is 46.6 Å². The summed E-state index contributed by atoms with van der Waals surface area (Å²) in [6, 6.07) is 18.1. The number of fused-ring (bicyclic) bond motifs is 1. The first-order valence-electron chi connectivity index (χ1n) is 10.4. The largest absolute Gasteiger partial charge is 0.494 e. The SMILES string of the molecule is CC(C)(C)C(=O)NCCCc1nc2ccccc2n1CCCOc1ccccc1. The molecule has 1 aromatic heterocycles. The molecule has 29 heavy (non-hydrogen) atoms. The first-order chi connectivity index (χ1) is 13.9. The van der Waals surface area contributed by atoms with Crippen molar-refractivity contribution in [2.75, 3.05) is 13.2 Å². The normalized spacial score (nSPS) is 11.6. The Morgan fingerprint density at radius 1 is 1.03 bits per heavy atom. The third-order valence-corrected chi connectivity index (χ3v) is 4.82. The van der Waals surface area contributed by atoms with E-state index in [9.17, 15) is 4.79 Å². The molecule has 0 fully saturated rings. The molecule has 154 valence electrons. The molecule has 1 N–H and O–H groups in total. The zero-order valence-corrected chi connectivity index (χ0v) is 17.6. The maximum Gasteiger partial charge on any atom is 0.225 e. The van der Waals surface area contributed by atoms with E-state index in [2.05, 4.69) is 22.0 Å². The molecule has 5 nitrogen and oxygen atoms in total. The Hall–Kier alpha value is -2.82. The number of nitrogens with zero attached hydrogens (tertiary/aromatic N) is 2. The van der Waals surface area contributed by atoms with E-state index in [4.69, 9.17) is 9.72 Å². The summed E-state index contributed by atoms with van der Waals surface area (Å²) < 4.78 is 8.12. The molecule has 1 amide bonds. The van der Waals surface area contributed by atoms with Crippen molar-refractivity contribution in [3.8, 4) is 5.75 Å². The van der Waals surface area contributed by atoms with Gasteiger partial charge in [0.25, 0.3) is 0 Å². The van der Waals surface area contributed by atoms with E-state index in [1.807, 2.05) is 63.2 Å². The summed E-state index contributed by atoms with van der Waals surface area (Å²) in [5.41, 5.74) is 1.82. The summed E-state index contributed by atoms with van der Waals surface area (Å²) in [6.45, 7) is 7.98. The fourth-order valence-electron chi connectivity index (χ4n) is 3.21. The second-order valence-corrected chi connectivity index (χ2v) is 8.29. The van der Waals surface area contributed by atoms with E-state index in [1.165, 1.54) is 0 Å². The van der Waals surface area contributed by atoms with Crippen LogP contribution >= 0.6 is 0 Å². The number of carbonyl (C=O) groups excluding carboxylic acids is 1. The molecule has 2 aromatic carbocycles. The Balaban J connectivity index is 1.58. The van der Waals surface area contributed by atoms with Crippen LogP contribution in [0.5, 0.6) is 5.75 Å². The van der Waals surface area contributed by atoms with Crippen molar-refractivity contribution in [1.29, 1.82) is 0 Å². The number of amides is 1. The van der Waals surface area contributed by atoms with E-state index in [0.717, 1.165) is 48.4 Å². The summed E-state index contributed by atoms with van der Waals surface area (Å²) in [5, 5.41) is 3.02. The third kappa shape index (κ3) is 5.83. The van der Waals surface area contributed by atoms with Gasteiger partial charge in [-0.25, -0.2) is 4.98 Å². The molecule has 0 aliphatic carbocycles. The van der Waals surface area contributed by atoms with Crippen LogP contribution in [-0.4, -0.2) is 28.6 Å². The van der Waals surface area contributed by atoms with E-state index < -0.39 is 0 Å². The van der Waals surface area contributed by atoms with Gasteiger partial charge in [-0.2, -0.15) is 0 Å². The van der Waals surface area contributed by atoms with Crippen LogP contribution in [0.25, 0.3) is 11.0 Å². The van der Waals surface area contributed by atoms with Crippen molar-refractivity contribution in [2.24, 2.45) is 5.41 Å². The zero-order chi connectivity index (χ0) is 20.7. The first kappa shape index (κ1) is 20.9. The van der Waals surface area contributed by atoms with Crippen LogP contribution in [0.4, 0.5) is 0 Å². The predicted molar refractivity (Wildman–Crippen MR) is 117 cm³/mol. The Bertz CT molecular complexity index is 926. The Morgan fingerprint density at radius 2 is 1.76 bits per heavy atom. The minimum atomic E-state index is -0.355. The minimum absolute atomic E-state index is 0.0871.